The van der Waals surface area contributed by atoms with Crippen LogP contribution < -0.4 is 21.1 Å². The summed E-state index contributed by atoms with van der Waals surface area (Å²) in [6.07, 6.45) is 18.0. The molecule has 4 aliphatic heterocycles. The predicted octanol–water partition coefficient (Wildman–Crippen LogP) is 12.7. The second kappa shape index (κ2) is 19.5. The summed E-state index contributed by atoms with van der Waals surface area (Å²) in [5, 5.41) is 6.56. The number of rotatable bonds is 16. The number of carbonyl (C=O) groups is 2. The van der Waals surface area contributed by atoms with Crippen LogP contribution in [0.3, 0.4) is 0 Å². The van der Waals surface area contributed by atoms with E-state index in [4.69, 9.17) is 10.5 Å². The van der Waals surface area contributed by atoms with Gasteiger partial charge in [-0.2, -0.15) is 0 Å². The highest BCUT2D eigenvalue weighted by Crippen LogP contribution is 2.54. The average Bonchev–Trinajstić information content (AvgIpc) is 4.11. The molecule has 4 amide bonds. The molecule has 2 aliphatic carbocycles. The molecule has 2 saturated carbocycles. The molecule has 4 fully saturated rings. The van der Waals surface area contributed by atoms with E-state index in [0.29, 0.717) is 30.1 Å². The van der Waals surface area contributed by atoms with Gasteiger partial charge in [-0.25, -0.2) is 9.59 Å². The van der Waals surface area contributed by atoms with Crippen LogP contribution in [-0.4, -0.2) is 51.9 Å². The van der Waals surface area contributed by atoms with E-state index in [-0.39, 0.29) is 36.2 Å². The number of benzene rings is 4. The Labute approximate surface area is 387 Å². The zero-order chi connectivity index (χ0) is 44.4. The van der Waals surface area contributed by atoms with Gasteiger partial charge in [-0.1, -0.05) is 86.6 Å². The lowest BCUT2D eigenvalue weighted by Gasteiger charge is -2.41. The summed E-state index contributed by atoms with van der Waals surface area (Å²) in [7, 11) is 0. The van der Waals surface area contributed by atoms with Crippen molar-refractivity contribution in [2.75, 3.05) is 13.1 Å². The molecule has 9 heteroatoms. The molecule has 6 atom stereocenters. The summed E-state index contributed by atoms with van der Waals surface area (Å²) in [6.45, 7) is 6.62. The van der Waals surface area contributed by atoms with Crippen LogP contribution >= 0.6 is 0 Å². The van der Waals surface area contributed by atoms with Crippen LogP contribution in [-0.2, 0) is 0 Å². The van der Waals surface area contributed by atoms with Gasteiger partial charge in [0.1, 0.15) is 11.5 Å². The Hall–Kier alpha value is -4.86. The van der Waals surface area contributed by atoms with Crippen LogP contribution in [0.25, 0.3) is 0 Å². The summed E-state index contributed by atoms with van der Waals surface area (Å²) >= 11 is 0. The summed E-state index contributed by atoms with van der Waals surface area (Å²) in [5.41, 5.74) is 14.6. The highest BCUT2D eigenvalue weighted by molar-refractivity contribution is 5.75. The van der Waals surface area contributed by atoms with Gasteiger partial charge in [-0.05, 0) is 185 Å². The third-order valence-corrected chi connectivity index (χ3v) is 16.9. The highest BCUT2D eigenvalue weighted by atomic mass is 16.5. The minimum atomic E-state index is -0.325. The number of urea groups is 2. The fraction of sp³-hybridized carbons (Fsp3) is 0.536. The summed E-state index contributed by atoms with van der Waals surface area (Å²) < 4.78 is 6.30. The Bertz CT molecular complexity index is 2190. The Morgan fingerprint density at radius 2 is 1.05 bits per heavy atom. The van der Waals surface area contributed by atoms with Crippen LogP contribution in [0, 0.1) is 11.8 Å². The van der Waals surface area contributed by atoms with Gasteiger partial charge in [0.05, 0.1) is 12.1 Å². The van der Waals surface area contributed by atoms with Crippen molar-refractivity contribution in [3.63, 3.8) is 0 Å². The Balaban J connectivity index is 0.660. The third kappa shape index (κ3) is 9.17. The lowest BCUT2D eigenvalue weighted by molar-refractivity contribution is 0.109. The van der Waals surface area contributed by atoms with E-state index in [0.717, 1.165) is 79.9 Å². The molecule has 344 valence electrons. The van der Waals surface area contributed by atoms with Gasteiger partial charge in [0, 0.05) is 36.3 Å². The second-order valence-electron chi connectivity index (χ2n) is 20.4. The topological polar surface area (TPSA) is 103 Å². The summed E-state index contributed by atoms with van der Waals surface area (Å²) in [6, 6.07) is 36.7. The number of fused-ring (bicyclic) bond motifs is 10. The number of nitrogens with two attached hydrogens (primary N) is 1. The molecule has 65 heavy (non-hydrogen) atoms. The van der Waals surface area contributed by atoms with Gasteiger partial charge in [-0.15, -0.1) is 0 Å². The number of primary amides is 1. The van der Waals surface area contributed by atoms with Crippen LogP contribution in [0.1, 0.15) is 186 Å². The summed E-state index contributed by atoms with van der Waals surface area (Å²) in [4.78, 5) is 33.9. The van der Waals surface area contributed by atoms with Crippen molar-refractivity contribution in [1.82, 2.24) is 25.3 Å². The van der Waals surface area contributed by atoms with Crippen molar-refractivity contribution in [2.45, 2.75) is 165 Å². The van der Waals surface area contributed by atoms with E-state index >= 15 is 0 Å². The molecule has 4 aromatic rings. The molecule has 6 aliphatic rings. The van der Waals surface area contributed by atoms with E-state index < -0.39 is 0 Å². The molecule has 4 heterocycles. The van der Waals surface area contributed by atoms with Crippen molar-refractivity contribution < 1.29 is 14.3 Å². The summed E-state index contributed by atoms with van der Waals surface area (Å²) in [5.74, 6) is 2.92. The Morgan fingerprint density at radius 1 is 0.600 bits per heavy atom. The van der Waals surface area contributed by atoms with Gasteiger partial charge in [-0.3, -0.25) is 9.80 Å². The van der Waals surface area contributed by atoms with E-state index in [1.54, 1.807) is 22.3 Å². The Kier molecular flexibility index (Phi) is 13.2. The van der Waals surface area contributed by atoms with Crippen molar-refractivity contribution in [3.8, 4) is 11.5 Å². The molecule has 0 aromatic heterocycles. The molecule has 4 aromatic carbocycles. The molecular formula is C56H72N6O3. The molecule has 10 rings (SSSR count). The molecule has 0 radical (unpaired) electrons. The molecular weight excluding hydrogens is 805 g/mol. The van der Waals surface area contributed by atoms with Crippen LogP contribution in [0.5, 0.6) is 11.5 Å². The number of amides is 4. The quantitative estimate of drug-likeness (QED) is 0.104. The van der Waals surface area contributed by atoms with Gasteiger partial charge >= 0.3 is 12.1 Å². The van der Waals surface area contributed by atoms with E-state index in [9.17, 15) is 9.59 Å². The van der Waals surface area contributed by atoms with E-state index in [1.165, 1.54) is 64.5 Å². The minimum absolute atomic E-state index is 0.0775. The number of hydrogen-bond donors (Lipinski definition) is 3. The lowest BCUT2D eigenvalue weighted by Crippen LogP contribution is -2.47. The normalized spacial score (nSPS) is 27.7. The second-order valence-corrected chi connectivity index (χ2v) is 20.4. The molecule has 9 nitrogen and oxygen atoms in total. The number of nitrogens with zero attached hydrogens (tertiary/aromatic N) is 3. The van der Waals surface area contributed by atoms with Crippen molar-refractivity contribution in [1.29, 1.82) is 0 Å². The van der Waals surface area contributed by atoms with Crippen LogP contribution in [0.15, 0.2) is 97.1 Å². The zero-order valence-corrected chi connectivity index (χ0v) is 38.9. The van der Waals surface area contributed by atoms with Gasteiger partial charge in [0.15, 0.2) is 0 Å². The van der Waals surface area contributed by atoms with Crippen LogP contribution in [0.2, 0.25) is 0 Å². The van der Waals surface area contributed by atoms with Crippen molar-refractivity contribution in [3.05, 3.63) is 130 Å². The fourth-order valence-corrected chi connectivity index (χ4v) is 13.5. The smallest absolute Gasteiger partial charge is 0.315 e. The fourth-order valence-electron chi connectivity index (χ4n) is 13.5. The SMILES string of the molecule is CCC(NC(=O)NC1CCC(CCN2C3CC[C@@H]2c2ccccc23)CC1)c1ccc(Oc2ccc(C(CC)N(C(N)=O)C3CCC(CCN4[C@@H]5CC[C@H]4c4ccccc45)CC3)cc2)cc1. The zero-order valence-electron chi connectivity index (χ0n) is 38.9. The third-order valence-electron chi connectivity index (χ3n) is 16.9. The van der Waals surface area contributed by atoms with Crippen LogP contribution in [0.4, 0.5) is 9.59 Å². The van der Waals surface area contributed by atoms with Gasteiger partial charge < -0.3 is 26.0 Å². The molecule has 3 unspecified atom stereocenters. The van der Waals surface area contributed by atoms with E-state index in [1.807, 2.05) is 29.2 Å². The average molecular weight is 877 g/mol. The maximum Gasteiger partial charge on any atom is 0.315 e. The van der Waals surface area contributed by atoms with Crippen molar-refractivity contribution >= 4 is 12.1 Å². The standard InChI is InChI=1S/C56H72N6O3/c1-3-49(59-56(64)58-41-21-13-37(14-22-41)33-35-60-51-29-30-52(60)46-10-6-5-9-45(46)51)39-17-25-43(26-18-39)65-44-27-19-40(20-28-44)50(4-2)62(55(57)63)42-23-15-38(16-24-42)34-36-61-53-31-32-54(61)48-12-8-7-11-47(48)53/h5-12,17-20,25-28,37-38,41-42,49-54H,3-4,13-16,21-24,29-36H2,1-2H3,(H2,57,63)(H2,58,59,64)/t37?,38?,41?,42?,49?,50?,51-,52?,53-,54+/m1/s1. The number of ether oxygens (including phenoxy) is 1. The van der Waals surface area contributed by atoms with Gasteiger partial charge in [0.25, 0.3) is 0 Å². The first-order valence-corrected chi connectivity index (χ1v) is 25.6. The molecule has 4 bridgehead atoms. The largest absolute Gasteiger partial charge is 0.457 e. The number of hydrogen-bond acceptors (Lipinski definition) is 5. The minimum Gasteiger partial charge on any atom is -0.457 e. The first-order valence-electron chi connectivity index (χ1n) is 25.6. The molecule has 0 spiro atoms. The first-order chi connectivity index (χ1) is 31.8. The Morgan fingerprint density at radius 3 is 1.48 bits per heavy atom. The molecule has 2 saturated heterocycles. The lowest BCUT2D eigenvalue weighted by atomic mass is 9.82. The maximum absolute atomic E-state index is 13.2. The number of nitrogens with one attached hydrogen (secondary N) is 2. The number of carbonyl (C=O) groups excluding carboxylic acids is 2. The first kappa shape index (κ1) is 44.0. The predicted molar refractivity (Wildman–Crippen MR) is 259 cm³/mol. The maximum atomic E-state index is 13.2. The van der Waals surface area contributed by atoms with E-state index in [2.05, 4.69) is 107 Å². The van der Waals surface area contributed by atoms with Gasteiger partial charge in [0.2, 0.25) is 0 Å². The highest BCUT2D eigenvalue weighted by Gasteiger charge is 2.45. The van der Waals surface area contributed by atoms with Crippen molar-refractivity contribution in [2.24, 2.45) is 17.6 Å². The monoisotopic (exact) mass is 877 g/mol. The molecule has 4 N–H and O–H groups in total.